The molecule has 0 saturated carbocycles. The van der Waals surface area contributed by atoms with E-state index in [1.54, 1.807) is 6.07 Å². The highest BCUT2D eigenvalue weighted by atomic mass is 16.6. The highest BCUT2D eigenvalue weighted by Crippen LogP contribution is 2.25. The molecule has 3 rings (SSSR count). The lowest BCUT2D eigenvalue weighted by molar-refractivity contribution is -0.384. The van der Waals surface area contributed by atoms with Crippen molar-refractivity contribution >= 4 is 28.1 Å². The third-order valence-corrected chi connectivity index (χ3v) is 4.05. The van der Waals surface area contributed by atoms with E-state index in [-0.39, 0.29) is 11.3 Å². The van der Waals surface area contributed by atoms with Gasteiger partial charge in [0.25, 0.3) is 5.69 Å². The first-order valence-corrected chi connectivity index (χ1v) is 7.98. The standard InChI is InChI=1S/C19H17N5O2/c1-23(2)19-10-14(16-5-3-4-6-18(16)22-19)12-21-17-8-7-15(24(25)26)9-13(17)11-20/h3-10,21H,12H2,1-2H3. The molecule has 7 nitrogen and oxygen atoms in total. The van der Waals surface area contributed by atoms with Crippen LogP contribution in [0, 0.1) is 21.4 Å². The van der Waals surface area contributed by atoms with E-state index in [1.807, 2.05) is 55.4 Å². The molecule has 1 aromatic heterocycles. The summed E-state index contributed by atoms with van der Waals surface area (Å²) in [5, 5.41) is 24.4. The predicted octanol–water partition coefficient (Wildman–Crippen LogP) is 3.69. The number of rotatable bonds is 5. The summed E-state index contributed by atoms with van der Waals surface area (Å²) in [6, 6.07) is 16.1. The second kappa shape index (κ2) is 7.07. The Morgan fingerprint density at radius 2 is 2.00 bits per heavy atom. The molecular formula is C19H17N5O2. The molecule has 3 aromatic rings. The SMILES string of the molecule is CN(C)c1cc(CNc2ccc([N+](=O)[O-])cc2C#N)c2ccccc2n1. The molecule has 130 valence electrons. The molecule has 7 heteroatoms. The average Bonchev–Trinajstić information content (AvgIpc) is 2.65. The van der Waals surface area contributed by atoms with E-state index in [2.05, 4.69) is 10.3 Å². The molecule has 0 fully saturated rings. The number of fused-ring (bicyclic) bond motifs is 1. The molecule has 1 heterocycles. The van der Waals surface area contributed by atoms with Crippen molar-refractivity contribution in [2.75, 3.05) is 24.3 Å². The smallest absolute Gasteiger partial charge is 0.270 e. The van der Waals surface area contributed by atoms with Crippen molar-refractivity contribution in [2.45, 2.75) is 6.54 Å². The zero-order chi connectivity index (χ0) is 18.7. The maximum atomic E-state index is 10.9. The number of aromatic nitrogens is 1. The summed E-state index contributed by atoms with van der Waals surface area (Å²) in [5.74, 6) is 0.838. The number of nitro benzene ring substituents is 1. The summed E-state index contributed by atoms with van der Waals surface area (Å²) in [6.45, 7) is 0.469. The Bertz CT molecular complexity index is 1020. The van der Waals surface area contributed by atoms with E-state index in [4.69, 9.17) is 0 Å². The van der Waals surface area contributed by atoms with Crippen molar-refractivity contribution in [3.05, 3.63) is 69.8 Å². The number of nitriles is 1. The Hall–Kier alpha value is -3.66. The highest BCUT2D eigenvalue weighted by Gasteiger charge is 2.12. The number of benzene rings is 2. The molecule has 0 amide bonds. The molecule has 1 N–H and O–H groups in total. The Balaban J connectivity index is 1.95. The first-order chi connectivity index (χ1) is 12.5. The van der Waals surface area contributed by atoms with Gasteiger partial charge in [-0.05, 0) is 23.8 Å². The van der Waals surface area contributed by atoms with Gasteiger partial charge in [-0.1, -0.05) is 18.2 Å². The molecule has 26 heavy (non-hydrogen) atoms. The minimum Gasteiger partial charge on any atom is -0.380 e. The Kier molecular flexibility index (Phi) is 4.67. The monoisotopic (exact) mass is 347 g/mol. The topological polar surface area (TPSA) is 95.1 Å². The van der Waals surface area contributed by atoms with Crippen molar-refractivity contribution < 1.29 is 4.92 Å². The van der Waals surface area contributed by atoms with Crippen molar-refractivity contribution in [1.29, 1.82) is 5.26 Å². The number of anilines is 2. The normalized spacial score (nSPS) is 10.3. The van der Waals surface area contributed by atoms with Crippen molar-refractivity contribution in [2.24, 2.45) is 0 Å². The van der Waals surface area contributed by atoms with Crippen LogP contribution in [0.5, 0.6) is 0 Å². The molecule has 0 radical (unpaired) electrons. The summed E-state index contributed by atoms with van der Waals surface area (Å²) < 4.78 is 0. The van der Waals surface area contributed by atoms with Gasteiger partial charge in [-0.3, -0.25) is 10.1 Å². The quantitative estimate of drug-likeness (QED) is 0.558. The Morgan fingerprint density at radius 1 is 1.23 bits per heavy atom. The maximum Gasteiger partial charge on any atom is 0.270 e. The van der Waals surface area contributed by atoms with Gasteiger partial charge in [0.05, 0.1) is 21.7 Å². The molecule has 0 unspecified atom stereocenters. The third kappa shape index (κ3) is 3.39. The van der Waals surface area contributed by atoms with Crippen LogP contribution in [-0.4, -0.2) is 24.0 Å². The number of hydrogen-bond acceptors (Lipinski definition) is 6. The van der Waals surface area contributed by atoms with Gasteiger partial charge in [0.1, 0.15) is 11.9 Å². The van der Waals surface area contributed by atoms with E-state index < -0.39 is 4.92 Å². The average molecular weight is 347 g/mol. The van der Waals surface area contributed by atoms with Crippen LogP contribution in [0.1, 0.15) is 11.1 Å². The van der Waals surface area contributed by atoms with Crippen molar-refractivity contribution in [3.8, 4) is 6.07 Å². The molecule has 0 aliphatic rings. The van der Waals surface area contributed by atoms with Gasteiger partial charge < -0.3 is 10.2 Å². The molecule has 0 spiro atoms. The van der Waals surface area contributed by atoms with E-state index in [0.29, 0.717) is 12.2 Å². The van der Waals surface area contributed by atoms with E-state index in [1.165, 1.54) is 12.1 Å². The third-order valence-electron chi connectivity index (χ3n) is 4.05. The van der Waals surface area contributed by atoms with Crippen LogP contribution in [0.15, 0.2) is 48.5 Å². The number of para-hydroxylation sites is 1. The Morgan fingerprint density at radius 3 is 2.69 bits per heavy atom. The van der Waals surface area contributed by atoms with Gasteiger partial charge in [-0.2, -0.15) is 5.26 Å². The molecule has 0 bridgehead atoms. The lowest BCUT2D eigenvalue weighted by atomic mass is 10.1. The minimum atomic E-state index is -0.510. The molecule has 0 atom stereocenters. The number of hydrogen-bond donors (Lipinski definition) is 1. The number of nitrogens with one attached hydrogen (secondary N) is 1. The van der Waals surface area contributed by atoms with Crippen molar-refractivity contribution in [1.82, 2.24) is 4.98 Å². The first kappa shape index (κ1) is 17.2. The minimum absolute atomic E-state index is 0.101. The van der Waals surface area contributed by atoms with Crippen molar-refractivity contribution in [3.63, 3.8) is 0 Å². The predicted molar refractivity (Wildman–Crippen MR) is 101 cm³/mol. The first-order valence-electron chi connectivity index (χ1n) is 7.98. The fourth-order valence-corrected chi connectivity index (χ4v) is 2.69. The van der Waals surface area contributed by atoms with Gasteiger partial charge in [0.2, 0.25) is 0 Å². The van der Waals surface area contributed by atoms with Crippen LogP contribution in [0.25, 0.3) is 10.9 Å². The van der Waals surface area contributed by atoms with Crippen LogP contribution in [0.4, 0.5) is 17.2 Å². The van der Waals surface area contributed by atoms with Crippen LogP contribution in [0.3, 0.4) is 0 Å². The second-order valence-electron chi connectivity index (χ2n) is 6.00. The van der Waals surface area contributed by atoms with E-state index in [0.717, 1.165) is 22.3 Å². The zero-order valence-corrected chi connectivity index (χ0v) is 14.4. The molecule has 0 aliphatic carbocycles. The summed E-state index contributed by atoms with van der Waals surface area (Å²) in [7, 11) is 3.86. The van der Waals surface area contributed by atoms with E-state index in [9.17, 15) is 15.4 Å². The maximum absolute atomic E-state index is 10.9. The Labute approximate surface area is 150 Å². The number of nitrogens with zero attached hydrogens (tertiary/aromatic N) is 4. The van der Waals surface area contributed by atoms with Crippen LogP contribution in [-0.2, 0) is 6.54 Å². The van der Waals surface area contributed by atoms with Crippen LogP contribution < -0.4 is 10.2 Å². The number of non-ortho nitro benzene ring substituents is 1. The number of pyridine rings is 1. The molecule has 2 aromatic carbocycles. The summed E-state index contributed by atoms with van der Waals surface area (Å²) in [5.41, 5.74) is 2.62. The second-order valence-corrected chi connectivity index (χ2v) is 6.00. The lowest BCUT2D eigenvalue weighted by Gasteiger charge is -2.16. The van der Waals surface area contributed by atoms with E-state index >= 15 is 0 Å². The van der Waals surface area contributed by atoms with Crippen LogP contribution >= 0.6 is 0 Å². The molecule has 0 saturated heterocycles. The fraction of sp³-hybridized carbons (Fsp3) is 0.158. The van der Waals surface area contributed by atoms with Gasteiger partial charge in [0, 0.05) is 38.2 Å². The number of nitro groups is 1. The zero-order valence-electron chi connectivity index (χ0n) is 14.4. The summed E-state index contributed by atoms with van der Waals surface area (Å²) in [4.78, 5) is 16.9. The largest absolute Gasteiger partial charge is 0.380 e. The fourth-order valence-electron chi connectivity index (χ4n) is 2.69. The van der Waals surface area contributed by atoms with Crippen LogP contribution in [0.2, 0.25) is 0 Å². The van der Waals surface area contributed by atoms with Gasteiger partial charge in [0.15, 0.2) is 0 Å². The highest BCUT2D eigenvalue weighted by molar-refractivity contribution is 5.84. The van der Waals surface area contributed by atoms with Gasteiger partial charge >= 0.3 is 0 Å². The summed E-state index contributed by atoms with van der Waals surface area (Å²) in [6.07, 6.45) is 0. The molecule has 0 aliphatic heterocycles. The summed E-state index contributed by atoms with van der Waals surface area (Å²) >= 11 is 0. The molecular weight excluding hydrogens is 330 g/mol. The van der Waals surface area contributed by atoms with Gasteiger partial charge in [-0.15, -0.1) is 0 Å². The van der Waals surface area contributed by atoms with Gasteiger partial charge in [-0.25, -0.2) is 4.98 Å². The lowest BCUT2D eigenvalue weighted by Crippen LogP contribution is -2.12.